The third-order valence-corrected chi connectivity index (χ3v) is 6.13. The van der Waals surface area contributed by atoms with Crippen LogP contribution in [0.2, 0.25) is 0 Å². The summed E-state index contributed by atoms with van der Waals surface area (Å²) in [4.78, 5) is 8.27. The van der Waals surface area contributed by atoms with Crippen LogP contribution >= 0.6 is 0 Å². The molecular weight excluding hydrogens is 372 g/mol. The van der Waals surface area contributed by atoms with E-state index < -0.39 is 10.1 Å². The molecule has 0 amide bonds. The van der Waals surface area contributed by atoms with Crippen LogP contribution in [0.25, 0.3) is 10.8 Å². The lowest BCUT2D eigenvalue weighted by Crippen LogP contribution is -2.08. The monoisotopic (exact) mass is 406 g/mol. The summed E-state index contributed by atoms with van der Waals surface area (Å²) in [5.41, 5.74) is 0. The van der Waals surface area contributed by atoms with E-state index in [1.165, 1.54) is 44.9 Å². The Bertz CT molecular complexity index is 766. The maximum absolute atomic E-state index is 12.5. The molecule has 0 N–H and O–H groups in total. The Labute approximate surface area is 170 Å². The van der Waals surface area contributed by atoms with Gasteiger partial charge in [0.25, 0.3) is 10.1 Å². The van der Waals surface area contributed by atoms with Gasteiger partial charge in [-0.2, -0.15) is 8.42 Å². The van der Waals surface area contributed by atoms with E-state index in [4.69, 9.17) is 8.98 Å². The summed E-state index contributed by atoms with van der Waals surface area (Å²) in [5, 5.41) is 1.63. The average molecular weight is 407 g/mol. The normalized spacial score (nSPS) is 11.2. The van der Waals surface area contributed by atoms with Crippen LogP contribution in [0.1, 0.15) is 71.1 Å². The number of hydrogen-bond acceptors (Lipinski definition) is 4. The standard InChI is InChI=1S/C22H32O3S.CH2O/c1-2-3-4-5-6-7-8-9-10-13-19-25-26(23,24)22-18-14-16-20-15-11-12-17-21(20)22;1-2/h11-12,14-18H,2-10,13,19H2,1H3;1H2. The second-order valence-electron chi connectivity index (χ2n) is 6.94. The van der Waals surface area contributed by atoms with Crippen molar-refractivity contribution in [2.45, 2.75) is 76.0 Å². The number of fused-ring (bicyclic) bond motifs is 1. The van der Waals surface area contributed by atoms with E-state index in [1.54, 1.807) is 12.1 Å². The molecule has 2 aromatic rings. The lowest BCUT2D eigenvalue weighted by Gasteiger charge is -2.08. The first-order valence-corrected chi connectivity index (χ1v) is 11.7. The van der Waals surface area contributed by atoms with E-state index in [2.05, 4.69) is 6.92 Å². The fourth-order valence-electron chi connectivity index (χ4n) is 3.24. The first kappa shape index (κ1) is 24.3. The topological polar surface area (TPSA) is 60.4 Å². The molecule has 5 heteroatoms. The minimum Gasteiger partial charge on any atom is -0.307 e. The molecule has 2 rings (SSSR count). The molecule has 0 unspecified atom stereocenters. The number of carbonyl (C=O) groups is 1. The van der Waals surface area contributed by atoms with E-state index in [0.29, 0.717) is 0 Å². The molecule has 0 spiro atoms. The van der Waals surface area contributed by atoms with Crippen molar-refractivity contribution in [1.82, 2.24) is 0 Å². The number of carbonyl (C=O) groups excluding carboxylic acids is 1. The van der Waals surface area contributed by atoms with Crippen LogP contribution in [0.4, 0.5) is 0 Å². The molecule has 0 saturated carbocycles. The van der Waals surface area contributed by atoms with Crippen molar-refractivity contribution in [2.75, 3.05) is 6.61 Å². The molecule has 2 aromatic carbocycles. The molecule has 0 aliphatic heterocycles. The Morgan fingerprint density at radius 3 is 1.93 bits per heavy atom. The molecule has 28 heavy (non-hydrogen) atoms. The highest BCUT2D eigenvalue weighted by molar-refractivity contribution is 7.87. The van der Waals surface area contributed by atoms with Gasteiger partial charge in [-0.3, -0.25) is 4.18 Å². The second-order valence-corrected chi connectivity index (χ2v) is 8.52. The van der Waals surface area contributed by atoms with Gasteiger partial charge in [0.2, 0.25) is 0 Å². The Morgan fingerprint density at radius 2 is 1.29 bits per heavy atom. The van der Waals surface area contributed by atoms with Crippen molar-refractivity contribution in [3.8, 4) is 0 Å². The van der Waals surface area contributed by atoms with E-state index in [0.717, 1.165) is 30.0 Å². The smallest absolute Gasteiger partial charge is 0.297 e. The molecule has 4 nitrogen and oxygen atoms in total. The molecule has 0 fully saturated rings. The van der Waals surface area contributed by atoms with Crippen molar-refractivity contribution in [3.63, 3.8) is 0 Å². The summed E-state index contributed by atoms with van der Waals surface area (Å²) in [6, 6.07) is 12.8. The van der Waals surface area contributed by atoms with Gasteiger partial charge in [-0.25, -0.2) is 0 Å². The molecule has 0 aromatic heterocycles. The molecule has 0 aliphatic rings. The zero-order valence-corrected chi connectivity index (χ0v) is 17.9. The van der Waals surface area contributed by atoms with E-state index in [-0.39, 0.29) is 11.5 Å². The van der Waals surface area contributed by atoms with Gasteiger partial charge in [0.15, 0.2) is 0 Å². The molecule has 0 bridgehead atoms. The number of unbranched alkanes of at least 4 members (excludes halogenated alkanes) is 9. The predicted octanol–water partition coefficient (Wildman–Crippen LogP) is 6.28. The maximum Gasteiger partial charge on any atom is 0.297 e. The average Bonchev–Trinajstić information content (AvgIpc) is 2.73. The van der Waals surface area contributed by atoms with Crippen LogP contribution in [0.5, 0.6) is 0 Å². The number of hydrogen-bond donors (Lipinski definition) is 0. The van der Waals surface area contributed by atoms with E-state index >= 15 is 0 Å². The Balaban J connectivity index is 0.00000190. The second kappa shape index (κ2) is 14.3. The zero-order chi connectivity index (χ0) is 20.7. The summed E-state index contributed by atoms with van der Waals surface area (Å²) in [6.45, 7) is 4.50. The zero-order valence-electron chi connectivity index (χ0n) is 17.1. The summed E-state index contributed by atoms with van der Waals surface area (Å²) >= 11 is 0. The highest BCUT2D eigenvalue weighted by Gasteiger charge is 2.17. The van der Waals surface area contributed by atoms with Gasteiger partial charge in [-0.05, 0) is 17.9 Å². The van der Waals surface area contributed by atoms with Crippen molar-refractivity contribution in [2.24, 2.45) is 0 Å². The van der Waals surface area contributed by atoms with Gasteiger partial charge in [0.05, 0.1) is 6.61 Å². The van der Waals surface area contributed by atoms with Gasteiger partial charge in [0.1, 0.15) is 11.7 Å². The quantitative estimate of drug-likeness (QED) is 0.290. The number of rotatable bonds is 13. The molecule has 0 atom stereocenters. The van der Waals surface area contributed by atoms with Gasteiger partial charge in [-0.1, -0.05) is 101 Å². The minimum atomic E-state index is -3.70. The number of benzene rings is 2. The van der Waals surface area contributed by atoms with E-state index in [1.807, 2.05) is 37.1 Å². The van der Waals surface area contributed by atoms with Crippen molar-refractivity contribution < 1.29 is 17.4 Å². The lowest BCUT2D eigenvalue weighted by atomic mass is 10.1. The van der Waals surface area contributed by atoms with E-state index in [9.17, 15) is 8.42 Å². The predicted molar refractivity (Wildman–Crippen MR) is 116 cm³/mol. The van der Waals surface area contributed by atoms with Crippen LogP contribution in [-0.2, 0) is 19.1 Å². The van der Waals surface area contributed by atoms with Crippen LogP contribution in [0.3, 0.4) is 0 Å². The van der Waals surface area contributed by atoms with Crippen molar-refractivity contribution >= 4 is 27.7 Å². The Hall–Kier alpha value is -1.72. The highest BCUT2D eigenvalue weighted by atomic mass is 32.2. The molecule has 0 heterocycles. The van der Waals surface area contributed by atoms with Crippen LogP contribution in [-0.4, -0.2) is 21.8 Å². The van der Waals surface area contributed by atoms with Gasteiger partial charge < -0.3 is 4.79 Å². The highest BCUT2D eigenvalue weighted by Crippen LogP contribution is 2.24. The van der Waals surface area contributed by atoms with Crippen LogP contribution in [0.15, 0.2) is 47.4 Å². The Kier molecular flexibility index (Phi) is 12.4. The van der Waals surface area contributed by atoms with Crippen molar-refractivity contribution in [3.05, 3.63) is 42.5 Å². The summed E-state index contributed by atoms with van der Waals surface area (Å²) in [7, 11) is -3.70. The fraction of sp³-hybridized carbons (Fsp3) is 0.522. The van der Waals surface area contributed by atoms with Gasteiger partial charge >= 0.3 is 0 Å². The molecule has 0 saturated heterocycles. The molecular formula is C23H34O4S. The first-order valence-electron chi connectivity index (χ1n) is 10.3. The summed E-state index contributed by atoms with van der Waals surface area (Å²) in [6.07, 6.45) is 12.2. The van der Waals surface area contributed by atoms with Crippen LogP contribution in [0, 0.1) is 0 Å². The van der Waals surface area contributed by atoms with Crippen LogP contribution < -0.4 is 0 Å². The third-order valence-electron chi connectivity index (χ3n) is 4.76. The summed E-state index contributed by atoms with van der Waals surface area (Å²) < 4.78 is 30.2. The minimum absolute atomic E-state index is 0.266. The fourth-order valence-corrected chi connectivity index (χ4v) is 4.40. The SMILES string of the molecule is C=O.CCCCCCCCCCCCOS(=O)(=O)c1cccc2ccccc12. The Morgan fingerprint density at radius 1 is 0.750 bits per heavy atom. The maximum atomic E-state index is 12.5. The summed E-state index contributed by atoms with van der Waals surface area (Å²) in [5.74, 6) is 0. The molecule has 0 aliphatic carbocycles. The van der Waals surface area contributed by atoms with Gasteiger partial charge in [-0.15, -0.1) is 0 Å². The van der Waals surface area contributed by atoms with Crippen molar-refractivity contribution in [1.29, 1.82) is 0 Å². The first-order chi connectivity index (χ1) is 13.6. The molecule has 0 radical (unpaired) electrons. The largest absolute Gasteiger partial charge is 0.307 e. The molecule has 156 valence electrons. The lowest BCUT2D eigenvalue weighted by molar-refractivity contribution is -0.0980. The third kappa shape index (κ3) is 8.53. The van der Waals surface area contributed by atoms with Gasteiger partial charge in [0, 0.05) is 5.39 Å².